The second-order valence-electron chi connectivity index (χ2n) is 0.939. The van der Waals surface area contributed by atoms with Crippen LogP contribution in [-0.2, 0) is 14.4 Å². The van der Waals surface area contributed by atoms with Crippen molar-refractivity contribution in [1.82, 2.24) is 0 Å². The first-order valence-corrected chi connectivity index (χ1v) is 1.56. The molecule has 0 aromatic heterocycles. The van der Waals surface area contributed by atoms with Crippen molar-refractivity contribution in [3.8, 4) is 0 Å². The van der Waals surface area contributed by atoms with Crippen LogP contribution in [0.3, 0.4) is 0 Å². The summed E-state index contributed by atoms with van der Waals surface area (Å²) in [7, 11) is 0. The lowest BCUT2D eigenvalue weighted by molar-refractivity contribution is -0.159. The Balaban J connectivity index is 0. The lowest BCUT2D eigenvalue weighted by Gasteiger charge is -1.80. The topological polar surface area (TPSA) is 123 Å². The van der Waals surface area contributed by atoms with Crippen molar-refractivity contribution in [2.45, 2.75) is 0 Å². The van der Waals surface area contributed by atoms with E-state index in [2.05, 4.69) is 0 Å². The highest BCUT2D eigenvalue weighted by molar-refractivity contribution is 6.59. The summed E-state index contributed by atoms with van der Waals surface area (Å²) in [5.41, 5.74) is 0. The van der Waals surface area contributed by atoms with Crippen molar-refractivity contribution >= 4 is 17.7 Å². The summed E-state index contributed by atoms with van der Waals surface area (Å²) < 4.78 is 0. The molecule has 9 heavy (non-hydrogen) atoms. The number of carbonyl (C=O) groups is 3. The van der Waals surface area contributed by atoms with E-state index in [1.165, 1.54) is 0 Å². The average molecular weight is 136 g/mol. The SMILES string of the molecule is O.O=C(O)C(=O)C(=O)O. The Morgan fingerprint density at radius 1 is 0.889 bits per heavy atom. The second kappa shape index (κ2) is 3.56. The van der Waals surface area contributed by atoms with E-state index in [1.54, 1.807) is 0 Å². The first-order valence-electron chi connectivity index (χ1n) is 1.56. The van der Waals surface area contributed by atoms with Gasteiger partial charge in [0.1, 0.15) is 0 Å². The number of rotatable bonds is 2. The van der Waals surface area contributed by atoms with E-state index < -0.39 is 17.7 Å². The lowest BCUT2D eigenvalue weighted by atomic mass is 10.4. The van der Waals surface area contributed by atoms with Crippen LogP contribution in [0.5, 0.6) is 0 Å². The van der Waals surface area contributed by atoms with Crippen LogP contribution in [0.2, 0.25) is 0 Å². The van der Waals surface area contributed by atoms with E-state index >= 15 is 0 Å². The average Bonchev–Trinajstić information content (AvgIpc) is 1.64. The molecule has 0 fully saturated rings. The summed E-state index contributed by atoms with van der Waals surface area (Å²) in [4.78, 5) is 28.5. The molecule has 0 saturated heterocycles. The van der Waals surface area contributed by atoms with Crippen LogP contribution in [0, 0.1) is 0 Å². The zero-order valence-corrected chi connectivity index (χ0v) is 4.12. The van der Waals surface area contributed by atoms with Gasteiger partial charge in [-0.2, -0.15) is 0 Å². The summed E-state index contributed by atoms with van der Waals surface area (Å²) in [6, 6.07) is 0. The fourth-order valence-corrected chi connectivity index (χ4v) is 0.0915. The van der Waals surface area contributed by atoms with E-state index in [-0.39, 0.29) is 5.48 Å². The monoisotopic (exact) mass is 136 g/mol. The Bertz CT molecular complexity index is 130. The van der Waals surface area contributed by atoms with Crippen LogP contribution in [0.15, 0.2) is 0 Å². The third kappa shape index (κ3) is 3.18. The molecule has 0 bridgehead atoms. The summed E-state index contributed by atoms with van der Waals surface area (Å²) in [5.74, 6) is -5.71. The number of Topliss-reactive ketones (excluding diaryl/α,β-unsaturated/α-hetero) is 1. The van der Waals surface area contributed by atoms with Crippen LogP contribution in [0.25, 0.3) is 0 Å². The molecule has 0 aromatic carbocycles. The number of hydrogen-bond acceptors (Lipinski definition) is 3. The standard InChI is InChI=1S/C3H2O5.H2O/c4-1(2(5)6)3(7)8;/h(H,5,6)(H,7,8);1H2. The van der Waals surface area contributed by atoms with E-state index in [0.29, 0.717) is 0 Å². The largest absolute Gasteiger partial charge is 0.475 e. The van der Waals surface area contributed by atoms with Crippen molar-refractivity contribution in [2.75, 3.05) is 0 Å². The third-order valence-corrected chi connectivity index (χ3v) is 0.388. The zero-order valence-electron chi connectivity index (χ0n) is 4.12. The van der Waals surface area contributed by atoms with Crippen molar-refractivity contribution in [2.24, 2.45) is 0 Å². The van der Waals surface area contributed by atoms with Gasteiger partial charge in [-0.1, -0.05) is 0 Å². The number of carbonyl (C=O) groups excluding carboxylic acids is 1. The summed E-state index contributed by atoms with van der Waals surface area (Å²) in [5, 5.41) is 15.2. The molecule has 0 atom stereocenters. The summed E-state index contributed by atoms with van der Waals surface area (Å²) >= 11 is 0. The molecular formula is C3H4O6. The van der Waals surface area contributed by atoms with Gasteiger partial charge < -0.3 is 15.7 Å². The number of hydrogen-bond donors (Lipinski definition) is 2. The molecule has 6 heteroatoms. The molecule has 0 aliphatic heterocycles. The van der Waals surface area contributed by atoms with Gasteiger partial charge in [-0.05, 0) is 0 Å². The molecule has 0 aliphatic carbocycles. The molecule has 0 aliphatic rings. The molecule has 0 rings (SSSR count). The molecule has 4 N–H and O–H groups in total. The normalized spacial score (nSPS) is 7.11. The van der Waals surface area contributed by atoms with Crippen LogP contribution >= 0.6 is 0 Å². The minimum absolute atomic E-state index is 0. The smallest absolute Gasteiger partial charge is 0.384 e. The Labute approximate surface area is 49.0 Å². The van der Waals surface area contributed by atoms with E-state index in [4.69, 9.17) is 10.2 Å². The van der Waals surface area contributed by atoms with Crippen LogP contribution < -0.4 is 0 Å². The van der Waals surface area contributed by atoms with Gasteiger partial charge in [0.15, 0.2) is 0 Å². The van der Waals surface area contributed by atoms with Gasteiger partial charge in [0.05, 0.1) is 0 Å². The first kappa shape index (κ1) is 10.5. The van der Waals surface area contributed by atoms with E-state index in [9.17, 15) is 14.4 Å². The van der Waals surface area contributed by atoms with Crippen molar-refractivity contribution in [3.05, 3.63) is 0 Å². The Hall–Kier alpha value is -1.43. The van der Waals surface area contributed by atoms with Crippen LogP contribution in [0.4, 0.5) is 0 Å². The molecule has 0 radical (unpaired) electrons. The van der Waals surface area contributed by atoms with Crippen molar-refractivity contribution < 1.29 is 30.1 Å². The van der Waals surface area contributed by atoms with Gasteiger partial charge in [0, 0.05) is 0 Å². The number of ketones is 1. The van der Waals surface area contributed by atoms with Gasteiger partial charge in [0.2, 0.25) is 0 Å². The molecule has 0 spiro atoms. The Kier molecular flexibility index (Phi) is 4.16. The zero-order chi connectivity index (χ0) is 6.73. The summed E-state index contributed by atoms with van der Waals surface area (Å²) in [6.07, 6.45) is 0. The third-order valence-electron chi connectivity index (χ3n) is 0.388. The molecule has 52 valence electrons. The van der Waals surface area contributed by atoms with Gasteiger partial charge in [0.25, 0.3) is 0 Å². The molecular weight excluding hydrogens is 132 g/mol. The second-order valence-corrected chi connectivity index (χ2v) is 0.939. The maximum absolute atomic E-state index is 9.64. The van der Waals surface area contributed by atoms with E-state index in [0.717, 1.165) is 0 Å². The molecule has 6 nitrogen and oxygen atoms in total. The van der Waals surface area contributed by atoms with Crippen LogP contribution in [-0.4, -0.2) is 33.4 Å². The lowest BCUT2D eigenvalue weighted by Crippen LogP contribution is -2.22. The molecule has 0 unspecified atom stereocenters. The van der Waals surface area contributed by atoms with E-state index in [1.807, 2.05) is 0 Å². The van der Waals surface area contributed by atoms with Gasteiger partial charge in [-0.25, -0.2) is 9.59 Å². The van der Waals surface area contributed by atoms with Gasteiger partial charge in [-0.3, -0.25) is 4.79 Å². The fourth-order valence-electron chi connectivity index (χ4n) is 0.0915. The fraction of sp³-hybridized carbons (Fsp3) is 0. The minimum Gasteiger partial charge on any atom is -0.475 e. The highest BCUT2D eigenvalue weighted by Crippen LogP contribution is 1.69. The highest BCUT2D eigenvalue weighted by atomic mass is 16.4. The predicted octanol–water partition coefficient (Wildman–Crippen LogP) is -2.10. The highest BCUT2D eigenvalue weighted by Gasteiger charge is 2.19. The first-order chi connectivity index (χ1) is 3.55. The Morgan fingerprint density at radius 2 is 1.11 bits per heavy atom. The maximum Gasteiger partial charge on any atom is 0.384 e. The quantitative estimate of drug-likeness (QED) is 0.332. The number of carboxylic acid groups (broad SMARTS) is 2. The van der Waals surface area contributed by atoms with Gasteiger partial charge in [-0.15, -0.1) is 0 Å². The van der Waals surface area contributed by atoms with Crippen molar-refractivity contribution in [3.63, 3.8) is 0 Å². The Morgan fingerprint density at radius 3 is 1.11 bits per heavy atom. The van der Waals surface area contributed by atoms with Crippen molar-refractivity contribution in [1.29, 1.82) is 0 Å². The molecule has 0 aromatic rings. The van der Waals surface area contributed by atoms with Crippen LogP contribution in [0.1, 0.15) is 0 Å². The minimum atomic E-state index is -1.95. The summed E-state index contributed by atoms with van der Waals surface area (Å²) in [6.45, 7) is 0. The molecule has 0 saturated carbocycles. The molecule has 0 heterocycles. The molecule has 0 amide bonds. The van der Waals surface area contributed by atoms with Gasteiger partial charge >= 0.3 is 17.7 Å². The predicted molar refractivity (Wildman–Crippen MR) is 23.9 cm³/mol. The maximum atomic E-state index is 9.64. The number of aliphatic carboxylic acids is 2. The number of carboxylic acids is 2.